The topological polar surface area (TPSA) is 26.0 Å². The third kappa shape index (κ3) is 0.692. The summed E-state index contributed by atoms with van der Waals surface area (Å²) in [6.45, 7) is 2.04. The molecule has 0 fully saturated rings. The molecule has 50 valence electrons. The number of nitrogens with zero attached hydrogens (tertiary/aromatic N) is 1. The fourth-order valence-corrected chi connectivity index (χ4v) is 1.06. The van der Waals surface area contributed by atoms with E-state index in [1.165, 1.54) is 5.56 Å². The fourth-order valence-electron chi connectivity index (χ4n) is 1.06. The SMILES string of the molecule is Cc1cc2ccnoc-2c1. The second kappa shape index (κ2) is 1.84. The molecule has 0 aromatic rings. The molecule has 0 radical (unpaired) electrons. The van der Waals surface area contributed by atoms with E-state index in [0.717, 1.165) is 11.3 Å². The van der Waals surface area contributed by atoms with Crippen LogP contribution in [0.15, 0.2) is 28.9 Å². The Morgan fingerprint density at radius 1 is 1.40 bits per heavy atom. The van der Waals surface area contributed by atoms with Gasteiger partial charge in [0.2, 0.25) is 0 Å². The predicted octanol–water partition coefficient (Wildman–Crippen LogP) is 2.09. The van der Waals surface area contributed by atoms with Gasteiger partial charge in [0.25, 0.3) is 0 Å². The number of aryl methyl sites for hydroxylation is 1. The van der Waals surface area contributed by atoms with Crippen molar-refractivity contribution in [1.29, 1.82) is 0 Å². The first-order chi connectivity index (χ1) is 4.86. The summed E-state index contributed by atoms with van der Waals surface area (Å²) in [6, 6.07) is 5.98. The lowest BCUT2D eigenvalue weighted by Gasteiger charge is -1.89. The molecule has 0 amide bonds. The van der Waals surface area contributed by atoms with E-state index in [0.29, 0.717) is 0 Å². The first-order valence-corrected chi connectivity index (χ1v) is 3.17. The van der Waals surface area contributed by atoms with E-state index in [1.54, 1.807) is 6.20 Å². The average molecular weight is 133 g/mol. The van der Waals surface area contributed by atoms with Crippen molar-refractivity contribution in [2.45, 2.75) is 6.92 Å². The van der Waals surface area contributed by atoms with Gasteiger partial charge < -0.3 is 4.52 Å². The van der Waals surface area contributed by atoms with Crippen LogP contribution in [-0.4, -0.2) is 5.16 Å². The Labute approximate surface area is 58.8 Å². The van der Waals surface area contributed by atoms with Gasteiger partial charge >= 0.3 is 0 Å². The van der Waals surface area contributed by atoms with Crippen LogP contribution in [0.25, 0.3) is 11.3 Å². The molecule has 0 aromatic carbocycles. The molecule has 0 bridgehead atoms. The summed E-state index contributed by atoms with van der Waals surface area (Å²) in [5, 5.41) is 3.65. The monoisotopic (exact) mass is 133 g/mol. The van der Waals surface area contributed by atoms with Crippen molar-refractivity contribution in [1.82, 2.24) is 5.16 Å². The molecular formula is C8H7NO. The van der Waals surface area contributed by atoms with Crippen LogP contribution in [0, 0.1) is 6.92 Å². The second-order valence-corrected chi connectivity index (χ2v) is 2.36. The van der Waals surface area contributed by atoms with Crippen molar-refractivity contribution >= 4 is 0 Å². The molecule has 0 atom stereocenters. The Kier molecular flexibility index (Phi) is 1.01. The normalized spacial score (nSPS) is 10.5. The van der Waals surface area contributed by atoms with Gasteiger partial charge in [-0.2, -0.15) is 0 Å². The zero-order chi connectivity index (χ0) is 6.97. The smallest absolute Gasteiger partial charge is 0.165 e. The molecule has 10 heavy (non-hydrogen) atoms. The number of hydrogen-bond acceptors (Lipinski definition) is 2. The van der Waals surface area contributed by atoms with Crippen molar-refractivity contribution in [2.24, 2.45) is 0 Å². The van der Waals surface area contributed by atoms with Crippen LogP contribution >= 0.6 is 0 Å². The molecular weight excluding hydrogens is 126 g/mol. The van der Waals surface area contributed by atoms with E-state index in [1.807, 2.05) is 19.1 Å². The quantitative estimate of drug-likeness (QED) is 0.550. The van der Waals surface area contributed by atoms with Gasteiger partial charge in [0, 0.05) is 5.56 Å². The molecule has 0 saturated heterocycles. The zero-order valence-electron chi connectivity index (χ0n) is 5.66. The van der Waals surface area contributed by atoms with Crippen LogP contribution in [0.3, 0.4) is 0 Å². The van der Waals surface area contributed by atoms with Gasteiger partial charge in [0.15, 0.2) is 5.76 Å². The Hall–Kier alpha value is -1.31. The number of rotatable bonds is 0. The molecule has 0 unspecified atom stereocenters. The van der Waals surface area contributed by atoms with E-state index in [4.69, 9.17) is 4.52 Å². The van der Waals surface area contributed by atoms with Crippen LogP contribution in [0.4, 0.5) is 0 Å². The van der Waals surface area contributed by atoms with Crippen molar-refractivity contribution < 1.29 is 4.52 Å². The first kappa shape index (κ1) is 5.47. The third-order valence-corrected chi connectivity index (χ3v) is 1.49. The second-order valence-electron chi connectivity index (χ2n) is 2.36. The summed E-state index contributed by atoms with van der Waals surface area (Å²) in [5.41, 5.74) is 2.33. The molecule has 1 heterocycles. The fraction of sp³-hybridized carbons (Fsp3) is 0.125. The largest absolute Gasteiger partial charge is 0.356 e. The summed E-state index contributed by atoms with van der Waals surface area (Å²) in [7, 11) is 0. The summed E-state index contributed by atoms with van der Waals surface area (Å²) in [4.78, 5) is 0. The van der Waals surface area contributed by atoms with E-state index in [2.05, 4.69) is 11.2 Å². The maximum Gasteiger partial charge on any atom is 0.165 e. The molecule has 2 nitrogen and oxygen atoms in total. The van der Waals surface area contributed by atoms with Crippen molar-refractivity contribution in [3.63, 3.8) is 0 Å². The first-order valence-electron chi connectivity index (χ1n) is 3.17. The summed E-state index contributed by atoms with van der Waals surface area (Å²) < 4.78 is 4.98. The minimum atomic E-state index is 0.861. The summed E-state index contributed by atoms with van der Waals surface area (Å²) in [6.07, 6.45) is 1.65. The average Bonchev–Trinajstić information content (AvgIpc) is 2.27. The highest BCUT2D eigenvalue weighted by Crippen LogP contribution is 2.23. The molecule has 0 spiro atoms. The third-order valence-electron chi connectivity index (χ3n) is 1.49. The van der Waals surface area contributed by atoms with Gasteiger partial charge in [-0.3, -0.25) is 0 Å². The highest BCUT2D eigenvalue weighted by atomic mass is 16.5. The molecule has 1 aliphatic heterocycles. The summed E-state index contributed by atoms with van der Waals surface area (Å²) >= 11 is 0. The lowest BCUT2D eigenvalue weighted by Crippen LogP contribution is -1.72. The van der Waals surface area contributed by atoms with Crippen molar-refractivity contribution in [3.8, 4) is 11.3 Å². The van der Waals surface area contributed by atoms with Crippen LogP contribution in [0.5, 0.6) is 0 Å². The molecule has 0 aromatic heterocycles. The van der Waals surface area contributed by atoms with Crippen molar-refractivity contribution in [2.75, 3.05) is 0 Å². The van der Waals surface area contributed by atoms with Crippen LogP contribution in [0.1, 0.15) is 5.56 Å². The van der Waals surface area contributed by atoms with E-state index in [9.17, 15) is 0 Å². The highest BCUT2D eigenvalue weighted by molar-refractivity contribution is 5.61. The molecule has 1 aliphatic carbocycles. The Balaban J connectivity index is 2.76. The Morgan fingerprint density at radius 2 is 2.30 bits per heavy atom. The van der Waals surface area contributed by atoms with E-state index < -0.39 is 0 Å². The predicted molar refractivity (Wildman–Crippen MR) is 37.9 cm³/mol. The Bertz CT molecular complexity index is 283. The van der Waals surface area contributed by atoms with Gasteiger partial charge in [-0.25, -0.2) is 0 Å². The van der Waals surface area contributed by atoms with Gasteiger partial charge in [0.1, 0.15) is 0 Å². The zero-order valence-corrected chi connectivity index (χ0v) is 5.66. The minimum absolute atomic E-state index is 0.861. The van der Waals surface area contributed by atoms with Gasteiger partial charge in [-0.15, -0.1) is 0 Å². The molecule has 2 aliphatic rings. The maximum atomic E-state index is 4.98. The van der Waals surface area contributed by atoms with Crippen LogP contribution < -0.4 is 0 Å². The molecule has 0 N–H and O–H groups in total. The number of aromatic nitrogens is 1. The molecule has 0 saturated carbocycles. The minimum Gasteiger partial charge on any atom is -0.356 e. The number of fused-ring (bicyclic) bond motifs is 1. The van der Waals surface area contributed by atoms with Gasteiger partial charge in [-0.1, -0.05) is 5.16 Å². The van der Waals surface area contributed by atoms with Gasteiger partial charge in [0.05, 0.1) is 6.20 Å². The summed E-state index contributed by atoms with van der Waals surface area (Å²) in [5.74, 6) is 0.861. The Morgan fingerprint density at radius 3 is 3.10 bits per heavy atom. The molecule has 2 rings (SSSR count). The van der Waals surface area contributed by atoms with Gasteiger partial charge in [-0.05, 0) is 30.7 Å². The maximum absolute atomic E-state index is 4.98. The highest BCUT2D eigenvalue weighted by Gasteiger charge is 2.04. The van der Waals surface area contributed by atoms with E-state index >= 15 is 0 Å². The van der Waals surface area contributed by atoms with E-state index in [-0.39, 0.29) is 0 Å². The van der Waals surface area contributed by atoms with Crippen LogP contribution in [0.2, 0.25) is 0 Å². The number of hydrogen-bond donors (Lipinski definition) is 0. The lowest BCUT2D eigenvalue weighted by molar-refractivity contribution is 0.413. The van der Waals surface area contributed by atoms with Crippen LogP contribution in [-0.2, 0) is 0 Å². The van der Waals surface area contributed by atoms with Crippen molar-refractivity contribution in [3.05, 3.63) is 30.0 Å². The molecule has 2 heteroatoms. The standard InChI is InChI=1S/C8H7NO/c1-6-4-7-2-3-9-10-8(7)5-6/h2-5H,1H3. The lowest BCUT2D eigenvalue weighted by atomic mass is 10.3.